The molecule has 0 aliphatic carbocycles. The second kappa shape index (κ2) is 11.5. The van der Waals surface area contributed by atoms with Crippen LogP contribution < -0.4 is 20.4 Å². The quantitative estimate of drug-likeness (QED) is 0.355. The minimum atomic E-state index is -1.66. The van der Waals surface area contributed by atoms with Crippen LogP contribution in [0.2, 0.25) is 0 Å². The molecule has 2 aliphatic heterocycles. The molecule has 0 amide bonds. The first kappa shape index (κ1) is 21.9. The van der Waals surface area contributed by atoms with Gasteiger partial charge in [0.1, 0.15) is 6.33 Å². The molecule has 0 spiro atoms. The zero-order chi connectivity index (χ0) is 27.4. The van der Waals surface area contributed by atoms with Gasteiger partial charge in [-0.25, -0.2) is 19.9 Å². The Labute approximate surface area is 223 Å². The van der Waals surface area contributed by atoms with E-state index in [9.17, 15) is 0 Å². The lowest BCUT2D eigenvalue weighted by molar-refractivity contribution is 0.0161. The Morgan fingerprint density at radius 1 is 0.947 bits per heavy atom. The van der Waals surface area contributed by atoms with Crippen LogP contribution in [0, 0.1) is 0 Å². The highest BCUT2D eigenvalue weighted by molar-refractivity contribution is 5.51. The third-order valence-corrected chi connectivity index (χ3v) is 6.39. The van der Waals surface area contributed by atoms with Gasteiger partial charge in [0.05, 0.1) is 31.1 Å². The summed E-state index contributed by atoms with van der Waals surface area (Å²) in [5, 5.41) is 11.0. The Morgan fingerprint density at radius 2 is 1.74 bits per heavy atom. The van der Waals surface area contributed by atoms with E-state index in [-0.39, 0.29) is 6.10 Å². The highest BCUT2D eigenvalue weighted by Gasteiger charge is 2.21. The number of nitrogens with zero attached hydrogens (tertiary/aromatic N) is 9. The number of morpholine rings is 1. The molecule has 1 atom stereocenters. The highest BCUT2D eigenvalue weighted by atomic mass is 16.5. The van der Waals surface area contributed by atoms with Crippen molar-refractivity contribution < 1.29 is 7.48 Å². The number of ether oxygens (including phenoxy) is 1. The summed E-state index contributed by atoms with van der Waals surface area (Å²) in [5.41, 5.74) is 1.80. The maximum atomic E-state index is 8.52. The van der Waals surface area contributed by atoms with Gasteiger partial charge in [0, 0.05) is 67.0 Å². The molecule has 3 aromatic heterocycles. The largest absolute Gasteiger partial charge is 0.374 e. The highest BCUT2D eigenvalue weighted by Crippen LogP contribution is 2.18. The van der Waals surface area contributed by atoms with Crippen molar-refractivity contribution in [3.05, 3.63) is 72.6 Å². The third kappa shape index (κ3) is 6.03. The number of anilines is 4. The van der Waals surface area contributed by atoms with E-state index in [4.69, 9.17) is 7.48 Å². The van der Waals surface area contributed by atoms with Crippen LogP contribution in [0.4, 0.5) is 23.5 Å². The van der Waals surface area contributed by atoms with Gasteiger partial charge in [-0.3, -0.25) is 4.68 Å². The van der Waals surface area contributed by atoms with Crippen LogP contribution in [0.3, 0.4) is 0 Å². The Bertz CT molecular complexity index is 1390. The number of nitrogens with one attached hydrogen (secondary N) is 2. The molecule has 12 nitrogen and oxygen atoms in total. The van der Waals surface area contributed by atoms with Gasteiger partial charge in [0.15, 0.2) is 0 Å². The van der Waals surface area contributed by atoms with Gasteiger partial charge >= 0.3 is 0 Å². The molecule has 0 unspecified atom stereocenters. The standard InChI is InChI=1S/C26H31N11O/c1-2-4-20(5-3-1)12-21-13-28-25(29-14-21)35-7-9-36(10-8-35)26-31-19-30-24(34-26)33-22-15-32-37(17-22)18-23-16-27-6-11-38-23/h1-5,13-15,17,19,23,27H,6-12,16,18H2,(H,30,31,33,34)/t23-/m0/s1/i12D2. The number of hydrogen-bond donors (Lipinski definition) is 2. The molecular weight excluding hydrogens is 482 g/mol. The normalized spacial score (nSPS) is 19.1. The van der Waals surface area contributed by atoms with E-state index in [1.807, 2.05) is 29.1 Å². The molecule has 0 saturated carbocycles. The molecule has 2 saturated heterocycles. The lowest BCUT2D eigenvalue weighted by Gasteiger charge is -2.34. The molecule has 0 bridgehead atoms. The van der Waals surface area contributed by atoms with Gasteiger partial charge in [0.2, 0.25) is 17.8 Å². The minimum absolute atomic E-state index is 0.102. The van der Waals surface area contributed by atoms with E-state index in [1.54, 1.807) is 30.7 Å². The molecular formula is C26H31N11O. The van der Waals surface area contributed by atoms with Crippen molar-refractivity contribution >= 4 is 23.5 Å². The van der Waals surface area contributed by atoms with Crippen molar-refractivity contribution in [1.29, 1.82) is 0 Å². The fourth-order valence-corrected chi connectivity index (χ4v) is 4.45. The van der Waals surface area contributed by atoms with E-state index in [0.717, 1.165) is 18.8 Å². The molecule has 6 rings (SSSR count). The van der Waals surface area contributed by atoms with Crippen molar-refractivity contribution in [2.24, 2.45) is 0 Å². The first-order valence-corrected chi connectivity index (χ1v) is 12.7. The van der Waals surface area contributed by atoms with Crippen molar-refractivity contribution in [3.8, 4) is 0 Å². The Balaban J connectivity index is 1.04. The van der Waals surface area contributed by atoms with E-state index in [1.165, 1.54) is 6.33 Å². The van der Waals surface area contributed by atoms with E-state index < -0.39 is 6.37 Å². The second-order valence-electron chi connectivity index (χ2n) is 9.12. The average Bonchev–Trinajstić information content (AvgIpc) is 3.44. The number of benzene rings is 1. The number of rotatable bonds is 8. The maximum Gasteiger partial charge on any atom is 0.232 e. The van der Waals surface area contributed by atoms with Crippen LogP contribution >= 0.6 is 0 Å². The molecule has 12 heteroatoms. The summed E-state index contributed by atoms with van der Waals surface area (Å²) in [5.74, 6) is 1.63. The molecule has 2 fully saturated rings. The number of hydrogen-bond acceptors (Lipinski definition) is 11. The van der Waals surface area contributed by atoms with Crippen molar-refractivity contribution in [2.75, 3.05) is 61.0 Å². The summed E-state index contributed by atoms with van der Waals surface area (Å²) in [4.78, 5) is 26.4. The first-order chi connectivity index (χ1) is 19.5. The van der Waals surface area contributed by atoms with Gasteiger partial charge in [-0.2, -0.15) is 10.1 Å². The second-order valence-corrected chi connectivity index (χ2v) is 9.12. The Kier molecular flexibility index (Phi) is 6.61. The van der Waals surface area contributed by atoms with Crippen LogP contribution in [0.5, 0.6) is 0 Å². The van der Waals surface area contributed by atoms with Gasteiger partial charge in [-0.05, 0) is 11.1 Å². The molecule has 2 aliphatic rings. The SMILES string of the molecule is [2H]C([2H])(c1ccccc1)c1cnc(N2CCN(c3ncnc(Nc4cnn(C[C@@H]5CNCCO5)c4)n3)CC2)nc1. The molecule has 4 aromatic rings. The average molecular weight is 516 g/mol. The Hall–Kier alpha value is -4.16. The molecule has 1 aromatic carbocycles. The van der Waals surface area contributed by atoms with Crippen molar-refractivity contribution in [3.63, 3.8) is 0 Å². The van der Waals surface area contributed by atoms with Gasteiger partial charge in [-0.15, -0.1) is 0 Å². The van der Waals surface area contributed by atoms with Gasteiger partial charge < -0.3 is 25.2 Å². The minimum Gasteiger partial charge on any atom is -0.374 e. The molecule has 38 heavy (non-hydrogen) atoms. The van der Waals surface area contributed by atoms with Crippen LogP contribution in [0.15, 0.2) is 61.4 Å². The fraction of sp³-hybridized carbons (Fsp3) is 0.385. The molecule has 2 N–H and O–H groups in total. The topological polar surface area (TPSA) is 122 Å². The fourth-order valence-electron chi connectivity index (χ4n) is 4.45. The van der Waals surface area contributed by atoms with E-state index in [0.29, 0.717) is 68.3 Å². The zero-order valence-corrected chi connectivity index (χ0v) is 20.9. The van der Waals surface area contributed by atoms with Crippen LogP contribution in [0.1, 0.15) is 13.9 Å². The summed E-state index contributed by atoms with van der Waals surface area (Å²) in [6, 6.07) is 9.07. The molecule has 0 radical (unpaired) electrons. The number of aromatic nitrogens is 7. The Morgan fingerprint density at radius 3 is 2.50 bits per heavy atom. The van der Waals surface area contributed by atoms with E-state index >= 15 is 0 Å². The van der Waals surface area contributed by atoms with Crippen LogP contribution in [-0.2, 0) is 17.7 Å². The predicted molar refractivity (Wildman–Crippen MR) is 144 cm³/mol. The maximum absolute atomic E-state index is 8.52. The monoisotopic (exact) mass is 515 g/mol. The van der Waals surface area contributed by atoms with E-state index in [2.05, 4.69) is 50.5 Å². The molecule has 196 valence electrons. The van der Waals surface area contributed by atoms with Crippen molar-refractivity contribution in [2.45, 2.75) is 19.0 Å². The van der Waals surface area contributed by atoms with Gasteiger partial charge in [0.25, 0.3) is 0 Å². The lowest BCUT2D eigenvalue weighted by atomic mass is 10.1. The summed E-state index contributed by atoms with van der Waals surface area (Å²) in [6.07, 6.45) is 6.76. The third-order valence-electron chi connectivity index (χ3n) is 6.39. The zero-order valence-electron chi connectivity index (χ0n) is 22.9. The van der Waals surface area contributed by atoms with Crippen LogP contribution in [0.25, 0.3) is 0 Å². The van der Waals surface area contributed by atoms with Crippen LogP contribution in [-0.4, -0.2) is 86.7 Å². The predicted octanol–water partition coefficient (Wildman–Crippen LogP) is 1.51. The summed E-state index contributed by atoms with van der Waals surface area (Å²) >= 11 is 0. The van der Waals surface area contributed by atoms with Gasteiger partial charge in [-0.1, -0.05) is 30.3 Å². The smallest absolute Gasteiger partial charge is 0.232 e. The summed E-state index contributed by atoms with van der Waals surface area (Å²) < 4.78 is 24.6. The molecule has 5 heterocycles. The summed E-state index contributed by atoms with van der Waals surface area (Å²) in [6.45, 7) is 5.83. The first-order valence-electron chi connectivity index (χ1n) is 13.7. The van der Waals surface area contributed by atoms with Crippen molar-refractivity contribution in [1.82, 2.24) is 40.0 Å². The lowest BCUT2D eigenvalue weighted by Crippen LogP contribution is -2.47. The number of piperazine rings is 1. The summed E-state index contributed by atoms with van der Waals surface area (Å²) in [7, 11) is 0.